The molecule has 2 unspecified atom stereocenters. The first-order chi connectivity index (χ1) is 9.28. The van der Waals surface area contributed by atoms with Crippen LogP contribution in [0.5, 0.6) is 0 Å². The van der Waals surface area contributed by atoms with Gasteiger partial charge in [0.05, 0.1) is 18.1 Å². The van der Waals surface area contributed by atoms with Crippen LogP contribution in [0.15, 0.2) is 0 Å². The predicted octanol–water partition coefficient (Wildman–Crippen LogP) is 0.991. The highest BCUT2D eigenvalue weighted by Crippen LogP contribution is 2.26. The molecular weight excluding hydrogens is 254 g/mol. The van der Waals surface area contributed by atoms with Gasteiger partial charge >= 0.3 is 0 Å². The van der Waals surface area contributed by atoms with E-state index in [-0.39, 0.29) is 0 Å². The Balaban J connectivity index is 1.65. The molecule has 0 radical (unpaired) electrons. The topological polar surface area (TPSA) is 28.5 Å². The van der Waals surface area contributed by atoms with Crippen LogP contribution in [0.3, 0.4) is 0 Å². The Hall–Kier alpha value is -0.350. The smallest absolute Gasteiger partial charge is 0.166 e. The summed E-state index contributed by atoms with van der Waals surface area (Å²) in [4.78, 5) is 1.98. The number of piperidine rings is 2. The molecule has 2 bridgehead atoms. The molecule has 1 aliphatic carbocycles. The van der Waals surface area contributed by atoms with Gasteiger partial charge in [-0.2, -0.15) is 0 Å². The monoisotopic (exact) mass is 282 g/mol. The van der Waals surface area contributed by atoms with Crippen LogP contribution in [-0.2, 0) is 0 Å². The SMILES string of the molecule is CNC(=S)NC1C[C@H]2CCC[C@@H](C1)[NH+]2C1CCCC1. The number of thiocarbonyl (C=S) groups is 1. The van der Waals surface area contributed by atoms with Gasteiger partial charge in [0, 0.05) is 25.9 Å². The van der Waals surface area contributed by atoms with Crippen molar-refractivity contribution >= 4 is 17.3 Å². The number of nitrogens with one attached hydrogen (secondary N) is 3. The molecule has 1 saturated carbocycles. The van der Waals surface area contributed by atoms with E-state index in [1.54, 1.807) is 0 Å². The third-order valence-electron chi connectivity index (χ3n) is 5.57. The summed E-state index contributed by atoms with van der Waals surface area (Å²) >= 11 is 5.28. The molecule has 2 heterocycles. The van der Waals surface area contributed by atoms with Crippen molar-refractivity contribution in [3.63, 3.8) is 0 Å². The number of hydrogen-bond acceptors (Lipinski definition) is 1. The number of hydrogen-bond donors (Lipinski definition) is 3. The molecule has 108 valence electrons. The molecule has 0 spiro atoms. The van der Waals surface area contributed by atoms with Gasteiger partial charge in [-0.3, -0.25) is 0 Å². The second kappa shape index (κ2) is 5.96. The molecule has 2 aliphatic heterocycles. The van der Waals surface area contributed by atoms with Crippen molar-refractivity contribution < 1.29 is 4.90 Å². The zero-order valence-electron chi connectivity index (χ0n) is 12.1. The number of fused-ring (bicyclic) bond motifs is 2. The Bertz CT molecular complexity index is 313. The zero-order valence-corrected chi connectivity index (χ0v) is 12.9. The zero-order chi connectivity index (χ0) is 13.2. The molecule has 19 heavy (non-hydrogen) atoms. The van der Waals surface area contributed by atoms with Gasteiger partial charge in [0.15, 0.2) is 5.11 Å². The van der Waals surface area contributed by atoms with Crippen molar-refractivity contribution in [3.05, 3.63) is 0 Å². The van der Waals surface area contributed by atoms with E-state index in [4.69, 9.17) is 12.2 Å². The van der Waals surface area contributed by atoms with E-state index in [0.29, 0.717) is 6.04 Å². The predicted molar refractivity (Wildman–Crippen MR) is 82.5 cm³/mol. The summed E-state index contributed by atoms with van der Waals surface area (Å²) in [6.07, 6.45) is 12.9. The van der Waals surface area contributed by atoms with E-state index in [2.05, 4.69) is 10.6 Å². The van der Waals surface area contributed by atoms with E-state index in [1.807, 2.05) is 11.9 Å². The van der Waals surface area contributed by atoms with Crippen LogP contribution < -0.4 is 15.5 Å². The molecule has 3 nitrogen and oxygen atoms in total. The Labute approximate surface area is 122 Å². The van der Waals surface area contributed by atoms with Crippen LogP contribution in [0.4, 0.5) is 0 Å². The van der Waals surface area contributed by atoms with Crippen LogP contribution in [0.25, 0.3) is 0 Å². The van der Waals surface area contributed by atoms with Crippen molar-refractivity contribution in [2.45, 2.75) is 82.0 Å². The fourth-order valence-corrected chi connectivity index (χ4v) is 5.04. The summed E-state index contributed by atoms with van der Waals surface area (Å²) in [5.74, 6) is 0. The largest absolute Gasteiger partial charge is 0.366 e. The average Bonchev–Trinajstić information content (AvgIpc) is 2.91. The van der Waals surface area contributed by atoms with Crippen LogP contribution >= 0.6 is 12.2 Å². The maximum absolute atomic E-state index is 5.28. The fraction of sp³-hybridized carbons (Fsp3) is 0.933. The van der Waals surface area contributed by atoms with E-state index in [0.717, 1.165) is 23.2 Å². The lowest BCUT2D eigenvalue weighted by atomic mass is 9.80. The van der Waals surface area contributed by atoms with Crippen molar-refractivity contribution in [1.29, 1.82) is 0 Å². The maximum atomic E-state index is 5.28. The van der Waals surface area contributed by atoms with Gasteiger partial charge in [-0.05, 0) is 57.2 Å². The van der Waals surface area contributed by atoms with E-state index < -0.39 is 0 Å². The lowest BCUT2D eigenvalue weighted by Crippen LogP contribution is -3.24. The van der Waals surface area contributed by atoms with Gasteiger partial charge in [0.25, 0.3) is 0 Å². The van der Waals surface area contributed by atoms with Crippen LogP contribution in [-0.4, -0.2) is 36.3 Å². The molecule has 0 amide bonds. The first kappa shape index (κ1) is 13.6. The fourth-order valence-electron chi connectivity index (χ4n) is 4.87. The quantitative estimate of drug-likeness (QED) is 0.660. The minimum atomic E-state index is 0.611. The number of quaternary nitrogens is 1. The molecule has 3 fully saturated rings. The van der Waals surface area contributed by atoms with Crippen molar-refractivity contribution in [2.24, 2.45) is 0 Å². The molecule has 4 heteroatoms. The van der Waals surface area contributed by atoms with Crippen LogP contribution in [0.2, 0.25) is 0 Å². The van der Waals surface area contributed by atoms with Crippen molar-refractivity contribution in [1.82, 2.24) is 10.6 Å². The Morgan fingerprint density at radius 3 is 2.11 bits per heavy atom. The summed E-state index contributed by atoms with van der Waals surface area (Å²) < 4.78 is 0. The Morgan fingerprint density at radius 2 is 1.53 bits per heavy atom. The lowest BCUT2D eigenvalue weighted by molar-refractivity contribution is -0.982. The highest BCUT2D eigenvalue weighted by Gasteiger charge is 2.45. The van der Waals surface area contributed by atoms with Gasteiger partial charge in [-0.15, -0.1) is 0 Å². The second-order valence-corrected chi connectivity index (χ2v) is 7.11. The highest BCUT2D eigenvalue weighted by atomic mass is 32.1. The van der Waals surface area contributed by atoms with Crippen molar-refractivity contribution in [3.8, 4) is 0 Å². The minimum absolute atomic E-state index is 0.611. The van der Waals surface area contributed by atoms with Gasteiger partial charge in [-0.25, -0.2) is 0 Å². The summed E-state index contributed by atoms with van der Waals surface area (Å²) in [6.45, 7) is 0. The van der Waals surface area contributed by atoms with E-state index in [9.17, 15) is 0 Å². The molecule has 3 aliphatic rings. The molecule has 0 aromatic rings. The van der Waals surface area contributed by atoms with Gasteiger partial charge in [0.2, 0.25) is 0 Å². The molecule has 0 aromatic heterocycles. The molecule has 2 saturated heterocycles. The summed E-state index contributed by atoms with van der Waals surface area (Å²) in [7, 11) is 1.91. The molecule has 3 N–H and O–H groups in total. The standard InChI is InChI=1S/C15H27N3S/c1-16-15(19)17-11-9-13-7-4-8-14(10-11)18(13)12-5-2-3-6-12/h11-14H,2-10H2,1H3,(H2,16,17,19)/p+1/t11?,13-,14+. The maximum Gasteiger partial charge on any atom is 0.166 e. The summed E-state index contributed by atoms with van der Waals surface area (Å²) in [5.41, 5.74) is 0. The summed E-state index contributed by atoms with van der Waals surface area (Å²) in [6, 6.07) is 3.38. The normalized spacial score (nSPS) is 39.0. The van der Waals surface area contributed by atoms with Crippen LogP contribution in [0, 0.1) is 0 Å². The van der Waals surface area contributed by atoms with Crippen molar-refractivity contribution in [2.75, 3.05) is 7.05 Å². The lowest BCUT2D eigenvalue weighted by Gasteiger charge is -2.48. The van der Waals surface area contributed by atoms with Gasteiger partial charge in [0.1, 0.15) is 0 Å². The minimum Gasteiger partial charge on any atom is -0.366 e. The third-order valence-corrected chi connectivity index (χ3v) is 5.90. The number of rotatable bonds is 2. The highest BCUT2D eigenvalue weighted by molar-refractivity contribution is 7.80. The Morgan fingerprint density at radius 1 is 0.947 bits per heavy atom. The summed E-state index contributed by atoms with van der Waals surface area (Å²) in [5, 5.41) is 7.40. The van der Waals surface area contributed by atoms with Gasteiger partial charge in [-0.1, -0.05) is 0 Å². The second-order valence-electron chi connectivity index (χ2n) is 6.70. The molecular formula is C15H28N3S+. The van der Waals surface area contributed by atoms with Gasteiger partial charge < -0.3 is 15.5 Å². The average molecular weight is 282 g/mol. The van der Waals surface area contributed by atoms with Crippen LogP contribution in [0.1, 0.15) is 57.8 Å². The molecule has 4 atom stereocenters. The molecule has 0 aromatic carbocycles. The van der Waals surface area contributed by atoms with E-state index >= 15 is 0 Å². The first-order valence-electron chi connectivity index (χ1n) is 8.12. The van der Waals surface area contributed by atoms with E-state index in [1.165, 1.54) is 57.8 Å². The first-order valence-corrected chi connectivity index (χ1v) is 8.53. The Kier molecular flexibility index (Phi) is 4.27. The third kappa shape index (κ3) is 2.89. The molecule has 3 rings (SSSR count).